The van der Waals surface area contributed by atoms with E-state index in [1.165, 1.54) is 24.3 Å². The van der Waals surface area contributed by atoms with E-state index in [1.807, 2.05) is 13.8 Å². The molecule has 0 fully saturated rings. The molecule has 0 aromatic heterocycles. The van der Waals surface area contributed by atoms with Gasteiger partial charge in [-0.15, -0.1) is 0 Å². The largest absolute Gasteiger partial charge is 0.435 e. The van der Waals surface area contributed by atoms with Crippen LogP contribution in [0.1, 0.15) is 30.6 Å². The molecule has 0 heterocycles. The molecule has 1 atom stereocenters. The zero-order chi connectivity index (χ0) is 15.1. The summed E-state index contributed by atoms with van der Waals surface area (Å²) in [6.07, 6.45) is 0.690. The Morgan fingerprint density at radius 2 is 1.90 bits per heavy atom. The Kier molecular flexibility index (Phi) is 6.38. The fourth-order valence-electron chi connectivity index (χ4n) is 1.79. The molecule has 112 valence electrons. The highest BCUT2D eigenvalue weighted by Gasteiger charge is 2.16. The number of benzene rings is 1. The average Bonchev–Trinajstić information content (AvgIpc) is 2.38. The molecule has 0 saturated carbocycles. The molecule has 0 aliphatic heterocycles. The van der Waals surface area contributed by atoms with E-state index in [0.717, 1.165) is 0 Å². The third-order valence-corrected chi connectivity index (χ3v) is 2.94. The minimum atomic E-state index is -2.87. The standard InChI is InChI=1S/C14H20F2N2O2/c1-9(2)12(7-8-17)18-13(19)10-3-5-11(6-4-10)20-14(15)16/h3-6,9,12,14H,7-8,17H2,1-2H3,(H,18,19). The Labute approximate surface area is 117 Å². The van der Waals surface area contributed by atoms with Crippen molar-refractivity contribution >= 4 is 5.91 Å². The SMILES string of the molecule is CC(C)C(CCN)NC(=O)c1ccc(OC(F)F)cc1. The highest BCUT2D eigenvalue weighted by Crippen LogP contribution is 2.15. The number of ether oxygens (including phenoxy) is 1. The highest BCUT2D eigenvalue weighted by molar-refractivity contribution is 5.94. The van der Waals surface area contributed by atoms with Crippen LogP contribution >= 0.6 is 0 Å². The van der Waals surface area contributed by atoms with E-state index in [-0.39, 0.29) is 23.6 Å². The maximum Gasteiger partial charge on any atom is 0.387 e. The first kappa shape index (κ1) is 16.4. The minimum absolute atomic E-state index is 0.00973. The fraction of sp³-hybridized carbons (Fsp3) is 0.500. The Hall–Kier alpha value is -1.69. The van der Waals surface area contributed by atoms with Crippen LogP contribution < -0.4 is 15.8 Å². The van der Waals surface area contributed by atoms with Crippen LogP contribution in [0.3, 0.4) is 0 Å². The van der Waals surface area contributed by atoms with Gasteiger partial charge in [0, 0.05) is 11.6 Å². The monoisotopic (exact) mass is 286 g/mol. The normalized spacial score (nSPS) is 12.6. The number of alkyl halides is 2. The summed E-state index contributed by atoms with van der Waals surface area (Å²) < 4.78 is 28.2. The van der Waals surface area contributed by atoms with Crippen molar-refractivity contribution in [3.05, 3.63) is 29.8 Å². The van der Waals surface area contributed by atoms with E-state index in [4.69, 9.17) is 5.73 Å². The number of halogens is 2. The molecule has 0 aliphatic carbocycles. The molecule has 0 spiro atoms. The van der Waals surface area contributed by atoms with Crippen molar-refractivity contribution in [3.8, 4) is 5.75 Å². The maximum atomic E-state index is 12.0. The molecule has 20 heavy (non-hydrogen) atoms. The molecular formula is C14H20F2N2O2. The second-order valence-corrected chi connectivity index (χ2v) is 4.80. The Bertz CT molecular complexity index is 422. The number of nitrogens with one attached hydrogen (secondary N) is 1. The summed E-state index contributed by atoms with van der Waals surface area (Å²) in [5, 5.41) is 2.89. The molecule has 0 radical (unpaired) electrons. The molecule has 0 bridgehead atoms. The first-order chi connectivity index (χ1) is 9.43. The van der Waals surface area contributed by atoms with Gasteiger partial charge in [0.25, 0.3) is 5.91 Å². The summed E-state index contributed by atoms with van der Waals surface area (Å²) >= 11 is 0. The van der Waals surface area contributed by atoms with Gasteiger partial charge in [-0.25, -0.2) is 0 Å². The van der Waals surface area contributed by atoms with Gasteiger partial charge in [0.15, 0.2) is 0 Å². The van der Waals surface area contributed by atoms with Crippen LogP contribution in [0.5, 0.6) is 5.75 Å². The van der Waals surface area contributed by atoms with Crippen LogP contribution in [-0.4, -0.2) is 25.1 Å². The number of hydrogen-bond donors (Lipinski definition) is 2. The van der Waals surface area contributed by atoms with Gasteiger partial charge in [-0.05, 0) is 43.1 Å². The summed E-state index contributed by atoms with van der Waals surface area (Å²) in [5.74, 6) is 0.0450. The zero-order valence-corrected chi connectivity index (χ0v) is 11.6. The van der Waals surface area contributed by atoms with Crippen molar-refractivity contribution in [1.29, 1.82) is 0 Å². The minimum Gasteiger partial charge on any atom is -0.435 e. The third-order valence-electron chi connectivity index (χ3n) is 2.94. The van der Waals surface area contributed by atoms with Crippen molar-refractivity contribution in [1.82, 2.24) is 5.32 Å². The number of amides is 1. The fourth-order valence-corrected chi connectivity index (χ4v) is 1.79. The van der Waals surface area contributed by atoms with E-state index in [0.29, 0.717) is 18.5 Å². The van der Waals surface area contributed by atoms with E-state index in [1.54, 1.807) is 0 Å². The maximum absolute atomic E-state index is 12.0. The van der Waals surface area contributed by atoms with Crippen LogP contribution in [0.15, 0.2) is 24.3 Å². The highest BCUT2D eigenvalue weighted by atomic mass is 19.3. The first-order valence-corrected chi connectivity index (χ1v) is 6.49. The van der Waals surface area contributed by atoms with Gasteiger partial charge in [-0.1, -0.05) is 13.8 Å². The third kappa shape index (κ3) is 5.13. The van der Waals surface area contributed by atoms with Crippen LogP contribution in [0, 0.1) is 5.92 Å². The summed E-state index contributed by atoms with van der Waals surface area (Å²) in [6, 6.07) is 5.58. The number of nitrogens with two attached hydrogens (primary N) is 1. The zero-order valence-electron chi connectivity index (χ0n) is 11.6. The predicted molar refractivity (Wildman–Crippen MR) is 72.8 cm³/mol. The van der Waals surface area contributed by atoms with E-state index < -0.39 is 6.61 Å². The van der Waals surface area contributed by atoms with Crippen molar-refractivity contribution in [2.45, 2.75) is 32.9 Å². The van der Waals surface area contributed by atoms with Crippen molar-refractivity contribution in [2.24, 2.45) is 11.7 Å². The molecule has 1 amide bonds. The van der Waals surface area contributed by atoms with Crippen molar-refractivity contribution in [2.75, 3.05) is 6.54 Å². The molecule has 0 aliphatic rings. The Morgan fingerprint density at radius 1 is 1.30 bits per heavy atom. The van der Waals surface area contributed by atoms with Gasteiger partial charge in [0.05, 0.1) is 0 Å². The van der Waals surface area contributed by atoms with Gasteiger partial charge >= 0.3 is 6.61 Å². The molecule has 3 N–H and O–H groups in total. The van der Waals surface area contributed by atoms with Gasteiger partial charge in [0.1, 0.15) is 5.75 Å². The van der Waals surface area contributed by atoms with Crippen LogP contribution in [0.2, 0.25) is 0 Å². The molecular weight excluding hydrogens is 266 g/mol. The lowest BCUT2D eigenvalue weighted by Gasteiger charge is -2.21. The van der Waals surface area contributed by atoms with Crippen molar-refractivity contribution in [3.63, 3.8) is 0 Å². The van der Waals surface area contributed by atoms with Gasteiger partial charge < -0.3 is 15.8 Å². The van der Waals surface area contributed by atoms with E-state index in [9.17, 15) is 13.6 Å². The molecule has 6 heteroatoms. The summed E-state index contributed by atoms with van der Waals surface area (Å²) in [7, 11) is 0. The summed E-state index contributed by atoms with van der Waals surface area (Å²) in [4.78, 5) is 12.0. The van der Waals surface area contributed by atoms with Crippen LogP contribution in [-0.2, 0) is 0 Å². The van der Waals surface area contributed by atoms with E-state index >= 15 is 0 Å². The molecule has 0 saturated heterocycles. The van der Waals surface area contributed by atoms with Gasteiger partial charge in [-0.2, -0.15) is 8.78 Å². The summed E-state index contributed by atoms with van der Waals surface area (Å²) in [5.41, 5.74) is 5.91. The second-order valence-electron chi connectivity index (χ2n) is 4.80. The number of carbonyl (C=O) groups excluding carboxylic acids is 1. The van der Waals surface area contributed by atoms with Gasteiger partial charge in [-0.3, -0.25) is 4.79 Å². The lowest BCUT2D eigenvalue weighted by atomic mass is 10.0. The van der Waals surface area contributed by atoms with Crippen LogP contribution in [0.4, 0.5) is 8.78 Å². The number of rotatable bonds is 7. The topological polar surface area (TPSA) is 64.3 Å². The molecule has 1 unspecified atom stereocenters. The molecule has 1 aromatic rings. The summed E-state index contributed by atoms with van der Waals surface area (Å²) in [6.45, 7) is 1.62. The second kappa shape index (κ2) is 7.79. The van der Waals surface area contributed by atoms with Crippen LogP contribution in [0.25, 0.3) is 0 Å². The molecule has 1 rings (SSSR count). The average molecular weight is 286 g/mol. The molecule has 4 nitrogen and oxygen atoms in total. The number of carbonyl (C=O) groups is 1. The number of hydrogen-bond acceptors (Lipinski definition) is 3. The van der Waals surface area contributed by atoms with Crippen molar-refractivity contribution < 1.29 is 18.3 Å². The lowest BCUT2D eigenvalue weighted by molar-refractivity contribution is -0.0498. The quantitative estimate of drug-likeness (QED) is 0.809. The smallest absolute Gasteiger partial charge is 0.387 e. The molecule has 1 aromatic carbocycles. The lowest BCUT2D eigenvalue weighted by Crippen LogP contribution is -2.39. The Balaban J connectivity index is 2.67. The first-order valence-electron chi connectivity index (χ1n) is 6.49. The Morgan fingerprint density at radius 3 is 2.35 bits per heavy atom. The van der Waals surface area contributed by atoms with Gasteiger partial charge in [0.2, 0.25) is 0 Å². The predicted octanol–water partition coefficient (Wildman–Crippen LogP) is 2.39. The van der Waals surface area contributed by atoms with E-state index in [2.05, 4.69) is 10.1 Å².